The highest BCUT2D eigenvalue weighted by molar-refractivity contribution is 5.60. The summed E-state index contributed by atoms with van der Waals surface area (Å²) < 4.78 is 46.8. The predicted octanol–water partition coefficient (Wildman–Crippen LogP) is 4.25. The number of aromatic nitrogens is 2. The maximum Gasteiger partial charge on any atom is 0.168 e. The van der Waals surface area contributed by atoms with Gasteiger partial charge in [-0.2, -0.15) is 0 Å². The third-order valence-corrected chi connectivity index (χ3v) is 6.85. The number of halogens is 3. The Bertz CT molecular complexity index is 906. The van der Waals surface area contributed by atoms with Crippen molar-refractivity contribution in [3.8, 4) is 11.3 Å². The van der Waals surface area contributed by atoms with Crippen LogP contribution in [0.5, 0.6) is 0 Å². The number of benzene rings is 1. The number of hydrogen-bond donors (Lipinski definition) is 1. The van der Waals surface area contributed by atoms with Crippen molar-refractivity contribution in [2.24, 2.45) is 11.8 Å². The largest absolute Gasteiger partial charge is 0.377 e. The van der Waals surface area contributed by atoms with E-state index in [-0.39, 0.29) is 11.3 Å². The highest BCUT2D eigenvalue weighted by atomic mass is 19.2. The smallest absolute Gasteiger partial charge is 0.168 e. The molecule has 5 nitrogen and oxygen atoms in total. The molecule has 2 aromatic rings. The molecule has 3 aliphatic rings. The molecule has 5 rings (SSSR count). The number of ether oxygens (including phenoxy) is 1. The Balaban J connectivity index is 1.16. The average molecular weight is 432 g/mol. The van der Waals surface area contributed by atoms with Crippen molar-refractivity contribution in [1.29, 1.82) is 0 Å². The van der Waals surface area contributed by atoms with Crippen LogP contribution in [0.2, 0.25) is 0 Å². The summed E-state index contributed by atoms with van der Waals surface area (Å²) in [6, 6.07) is 4.99. The maximum absolute atomic E-state index is 14.0. The number of anilines is 1. The molecule has 0 amide bonds. The van der Waals surface area contributed by atoms with Gasteiger partial charge in [-0.25, -0.2) is 13.2 Å². The predicted molar refractivity (Wildman–Crippen MR) is 111 cm³/mol. The Hall–Kier alpha value is -2.19. The summed E-state index contributed by atoms with van der Waals surface area (Å²) in [7, 11) is 0. The van der Waals surface area contributed by atoms with Gasteiger partial charge in [0.05, 0.1) is 11.8 Å². The van der Waals surface area contributed by atoms with Crippen molar-refractivity contribution in [3.63, 3.8) is 0 Å². The maximum atomic E-state index is 14.0. The molecule has 8 heteroatoms. The van der Waals surface area contributed by atoms with Crippen molar-refractivity contribution in [2.45, 2.75) is 44.2 Å². The minimum Gasteiger partial charge on any atom is -0.377 e. The van der Waals surface area contributed by atoms with Crippen LogP contribution in [0.4, 0.5) is 19.0 Å². The Morgan fingerprint density at radius 1 is 1.03 bits per heavy atom. The van der Waals surface area contributed by atoms with E-state index in [4.69, 9.17) is 4.74 Å². The zero-order chi connectivity index (χ0) is 21.4. The first kappa shape index (κ1) is 20.7. The highest BCUT2D eigenvalue weighted by Gasteiger charge is 2.41. The van der Waals surface area contributed by atoms with E-state index in [0.29, 0.717) is 35.9 Å². The fourth-order valence-corrected chi connectivity index (χ4v) is 5.41. The monoisotopic (exact) mass is 432 g/mol. The lowest BCUT2D eigenvalue weighted by Crippen LogP contribution is -2.35. The molecular formula is C23H27F3N4O. The number of nitrogens with zero attached hydrogens (tertiary/aromatic N) is 3. The van der Waals surface area contributed by atoms with Crippen LogP contribution in [0.1, 0.15) is 32.1 Å². The topological polar surface area (TPSA) is 50.3 Å². The summed E-state index contributed by atoms with van der Waals surface area (Å²) in [5.41, 5.74) is -0.126. The first-order chi connectivity index (χ1) is 15.0. The Morgan fingerprint density at radius 3 is 2.52 bits per heavy atom. The molecule has 0 bridgehead atoms. The van der Waals surface area contributed by atoms with E-state index in [0.717, 1.165) is 45.1 Å². The Labute approximate surface area is 180 Å². The number of nitrogens with one attached hydrogen (secondary N) is 1. The van der Waals surface area contributed by atoms with Gasteiger partial charge in [0.2, 0.25) is 0 Å². The van der Waals surface area contributed by atoms with Crippen LogP contribution in [-0.2, 0) is 4.74 Å². The third kappa shape index (κ3) is 4.55. The Morgan fingerprint density at radius 2 is 1.84 bits per heavy atom. The summed E-state index contributed by atoms with van der Waals surface area (Å²) in [6.45, 7) is 4.20. The van der Waals surface area contributed by atoms with Gasteiger partial charge >= 0.3 is 0 Å². The van der Waals surface area contributed by atoms with E-state index in [1.165, 1.54) is 25.3 Å². The second-order valence-electron chi connectivity index (χ2n) is 9.09. The lowest BCUT2D eigenvalue weighted by Gasteiger charge is -2.28. The minimum absolute atomic E-state index is 0.102. The first-order valence-corrected chi connectivity index (χ1v) is 11.1. The van der Waals surface area contributed by atoms with Gasteiger partial charge in [-0.05, 0) is 62.1 Å². The van der Waals surface area contributed by atoms with Gasteiger partial charge in [-0.3, -0.25) is 0 Å². The molecule has 3 heterocycles. The number of likely N-dealkylation sites (tertiary alicyclic amines) is 1. The van der Waals surface area contributed by atoms with Crippen LogP contribution in [0.3, 0.4) is 0 Å². The molecule has 0 spiro atoms. The second kappa shape index (κ2) is 8.74. The third-order valence-electron chi connectivity index (χ3n) is 6.85. The van der Waals surface area contributed by atoms with E-state index in [2.05, 4.69) is 20.4 Å². The van der Waals surface area contributed by atoms with E-state index in [1.807, 2.05) is 0 Å². The van der Waals surface area contributed by atoms with Crippen LogP contribution in [0, 0.1) is 29.3 Å². The average Bonchev–Trinajstić information content (AvgIpc) is 3.30. The first-order valence-electron chi connectivity index (χ1n) is 11.1. The molecule has 3 fully saturated rings. The van der Waals surface area contributed by atoms with Crippen molar-refractivity contribution in [1.82, 2.24) is 15.1 Å². The van der Waals surface area contributed by atoms with Gasteiger partial charge in [0.1, 0.15) is 11.6 Å². The molecule has 1 saturated carbocycles. The van der Waals surface area contributed by atoms with Crippen LogP contribution in [0.15, 0.2) is 24.3 Å². The lowest BCUT2D eigenvalue weighted by molar-refractivity contribution is -0.00303. The second-order valence-corrected chi connectivity index (χ2v) is 9.09. The molecule has 1 aromatic heterocycles. The Kier molecular flexibility index (Phi) is 5.84. The molecule has 1 N–H and O–H groups in total. The van der Waals surface area contributed by atoms with Gasteiger partial charge in [0.25, 0.3) is 0 Å². The fraction of sp³-hybridized carbons (Fsp3) is 0.565. The molecule has 2 saturated heterocycles. The van der Waals surface area contributed by atoms with Gasteiger partial charge in [-0.1, -0.05) is 0 Å². The van der Waals surface area contributed by atoms with Crippen molar-refractivity contribution >= 4 is 5.82 Å². The van der Waals surface area contributed by atoms with Crippen LogP contribution in [-0.4, -0.2) is 53.5 Å². The van der Waals surface area contributed by atoms with Crippen molar-refractivity contribution in [2.75, 3.05) is 31.6 Å². The van der Waals surface area contributed by atoms with Crippen molar-refractivity contribution in [3.05, 3.63) is 41.7 Å². The quantitative estimate of drug-likeness (QED) is 0.716. The summed E-state index contributed by atoms with van der Waals surface area (Å²) in [4.78, 5) is 2.56. The van der Waals surface area contributed by atoms with E-state index in [9.17, 15) is 13.2 Å². The van der Waals surface area contributed by atoms with Gasteiger partial charge in [0.15, 0.2) is 11.6 Å². The summed E-state index contributed by atoms with van der Waals surface area (Å²) in [5.74, 6) is -1.25. The molecule has 166 valence electrons. The summed E-state index contributed by atoms with van der Waals surface area (Å²) in [5, 5.41) is 11.5. The molecule has 0 radical (unpaired) electrons. The standard InChI is InChI=1S/C23H27F3N4O/c24-16-9-19(23(26)20(25)10-16)21-4-5-22(29-28-21)27-17-7-14-11-30(12-15(14)8-17)13-18-3-1-2-6-31-18/h4-5,9-10,14-15,17-18H,1-3,6-8,11-13H2,(H,27,29)/t14-,15+,17?,18?. The lowest BCUT2D eigenvalue weighted by atomic mass is 10.0. The van der Waals surface area contributed by atoms with Gasteiger partial charge in [-0.15, -0.1) is 10.2 Å². The zero-order valence-electron chi connectivity index (χ0n) is 17.4. The SMILES string of the molecule is Fc1cc(F)c(F)c(-c2ccc(NC3C[C@@H]4CN(CC5CCCCO5)C[C@@H]4C3)nn2)c1. The molecule has 31 heavy (non-hydrogen) atoms. The fourth-order valence-electron chi connectivity index (χ4n) is 5.41. The van der Waals surface area contributed by atoms with E-state index >= 15 is 0 Å². The van der Waals surface area contributed by atoms with Gasteiger partial charge in [0, 0.05) is 43.9 Å². The molecular weight excluding hydrogens is 405 g/mol. The molecule has 2 aliphatic heterocycles. The molecule has 2 unspecified atom stereocenters. The molecule has 1 aromatic carbocycles. The zero-order valence-corrected chi connectivity index (χ0v) is 17.4. The summed E-state index contributed by atoms with van der Waals surface area (Å²) in [6.07, 6.45) is 6.20. The van der Waals surface area contributed by atoms with E-state index < -0.39 is 17.5 Å². The normalized spacial score (nSPS) is 28.6. The summed E-state index contributed by atoms with van der Waals surface area (Å²) >= 11 is 0. The number of rotatable bonds is 5. The highest BCUT2D eigenvalue weighted by Crippen LogP contribution is 2.39. The van der Waals surface area contributed by atoms with Crippen LogP contribution in [0.25, 0.3) is 11.3 Å². The molecule has 4 atom stereocenters. The minimum atomic E-state index is -1.24. The molecule has 1 aliphatic carbocycles. The van der Waals surface area contributed by atoms with Crippen molar-refractivity contribution < 1.29 is 17.9 Å². The number of fused-ring (bicyclic) bond motifs is 1. The van der Waals surface area contributed by atoms with Gasteiger partial charge < -0.3 is 15.0 Å². The van der Waals surface area contributed by atoms with Crippen LogP contribution >= 0.6 is 0 Å². The van der Waals surface area contributed by atoms with E-state index in [1.54, 1.807) is 6.07 Å². The van der Waals surface area contributed by atoms with Crippen LogP contribution < -0.4 is 5.32 Å². The number of hydrogen-bond acceptors (Lipinski definition) is 5.